The Morgan fingerprint density at radius 1 is 1.00 bits per heavy atom. The maximum Gasteiger partial charge on any atom is 0.251 e. The lowest BCUT2D eigenvalue weighted by Crippen LogP contribution is -2.36. The molecule has 2 aromatic rings. The van der Waals surface area contributed by atoms with Crippen molar-refractivity contribution < 1.29 is 14.3 Å². The summed E-state index contributed by atoms with van der Waals surface area (Å²) in [5, 5.41) is 5.91. The summed E-state index contributed by atoms with van der Waals surface area (Å²) in [7, 11) is 0. The van der Waals surface area contributed by atoms with Crippen LogP contribution in [0.25, 0.3) is 0 Å². The topological polar surface area (TPSA) is 70.7 Å². The first-order chi connectivity index (χ1) is 14.2. The predicted octanol–water partition coefficient (Wildman–Crippen LogP) is 2.80. The standard InChI is InChI=1S/C23H27N3O3/c27-22(18-6-3-7-21(14-18)25-23(28)17-8-9-17)24-15-19-4-1-2-5-20(19)16-26-10-12-29-13-11-26/h1-7,14,17H,8-13,15-16H2,(H,24,27)(H,25,28). The SMILES string of the molecule is O=C(NCc1ccccc1CN1CCOCC1)c1cccc(NC(=O)C2CC2)c1. The number of hydrogen-bond acceptors (Lipinski definition) is 4. The van der Waals surface area contributed by atoms with Gasteiger partial charge in [0.2, 0.25) is 5.91 Å². The van der Waals surface area contributed by atoms with Crippen LogP contribution >= 0.6 is 0 Å². The van der Waals surface area contributed by atoms with Crippen molar-refractivity contribution in [2.24, 2.45) is 5.92 Å². The summed E-state index contributed by atoms with van der Waals surface area (Å²) in [6, 6.07) is 15.3. The zero-order chi connectivity index (χ0) is 20.1. The van der Waals surface area contributed by atoms with Crippen molar-refractivity contribution in [3.05, 3.63) is 65.2 Å². The van der Waals surface area contributed by atoms with Gasteiger partial charge >= 0.3 is 0 Å². The number of nitrogens with one attached hydrogen (secondary N) is 2. The van der Waals surface area contributed by atoms with Crippen molar-refractivity contribution in [2.45, 2.75) is 25.9 Å². The minimum atomic E-state index is -0.145. The third-order valence-corrected chi connectivity index (χ3v) is 5.40. The highest BCUT2D eigenvalue weighted by Gasteiger charge is 2.29. The van der Waals surface area contributed by atoms with Gasteiger partial charge in [-0.15, -0.1) is 0 Å². The number of carbonyl (C=O) groups is 2. The van der Waals surface area contributed by atoms with Gasteiger partial charge in [0, 0.05) is 43.3 Å². The molecule has 6 nitrogen and oxygen atoms in total. The fraction of sp³-hybridized carbons (Fsp3) is 0.391. The molecule has 2 amide bonds. The quantitative estimate of drug-likeness (QED) is 0.759. The fourth-order valence-corrected chi connectivity index (χ4v) is 3.49. The molecule has 0 bridgehead atoms. The minimum Gasteiger partial charge on any atom is -0.379 e. The molecule has 152 valence electrons. The van der Waals surface area contributed by atoms with E-state index in [2.05, 4.69) is 27.7 Å². The zero-order valence-electron chi connectivity index (χ0n) is 16.5. The Kier molecular flexibility index (Phi) is 6.22. The van der Waals surface area contributed by atoms with Crippen LogP contribution in [-0.4, -0.2) is 43.0 Å². The second-order valence-electron chi connectivity index (χ2n) is 7.68. The second kappa shape index (κ2) is 9.20. The van der Waals surface area contributed by atoms with E-state index >= 15 is 0 Å². The Morgan fingerprint density at radius 3 is 2.52 bits per heavy atom. The molecule has 1 saturated carbocycles. The smallest absolute Gasteiger partial charge is 0.251 e. The van der Waals surface area contributed by atoms with Crippen LogP contribution in [0.5, 0.6) is 0 Å². The van der Waals surface area contributed by atoms with Crippen LogP contribution in [0.3, 0.4) is 0 Å². The molecule has 1 heterocycles. The number of carbonyl (C=O) groups excluding carboxylic acids is 2. The van der Waals surface area contributed by atoms with E-state index in [1.165, 1.54) is 5.56 Å². The molecule has 2 aliphatic rings. The Bertz CT molecular complexity index is 873. The van der Waals surface area contributed by atoms with Gasteiger partial charge in [-0.1, -0.05) is 30.3 Å². The van der Waals surface area contributed by atoms with Crippen LogP contribution < -0.4 is 10.6 Å². The molecule has 0 unspecified atom stereocenters. The van der Waals surface area contributed by atoms with Gasteiger partial charge in [-0.3, -0.25) is 14.5 Å². The number of anilines is 1. The van der Waals surface area contributed by atoms with Crippen LogP contribution in [0.15, 0.2) is 48.5 Å². The molecule has 0 radical (unpaired) electrons. The highest BCUT2D eigenvalue weighted by Crippen LogP contribution is 2.30. The molecule has 2 N–H and O–H groups in total. The zero-order valence-corrected chi connectivity index (χ0v) is 16.5. The molecular weight excluding hydrogens is 366 g/mol. The average molecular weight is 393 g/mol. The van der Waals surface area contributed by atoms with Crippen LogP contribution in [-0.2, 0) is 22.6 Å². The van der Waals surface area contributed by atoms with Gasteiger partial charge in [-0.05, 0) is 42.2 Å². The fourth-order valence-electron chi connectivity index (χ4n) is 3.49. The third-order valence-electron chi connectivity index (χ3n) is 5.40. The summed E-state index contributed by atoms with van der Waals surface area (Å²) < 4.78 is 5.42. The summed E-state index contributed by atoms with van der Waals surface area (Å²) >= 11 is 0. The van der Waals surface area contributed by atoms with E-state index in [1.54, 1.807) is 18.2 Å². The van der Waals surface area contributed by atoms with Crippen LogP contribution in [0, 0.1) is 5.92 Å². The van der Waals surface area contributed by atoms with Crippen LogP contribution in [0.1, 0.15) is 34.3 Å². The number of ether oxygens (including phenoxy) is 1. The van der Waals surface area contributed by atoms with Gasteiger partial charge in [-0.25, -0.2) is 0 Å². The van der Waals surface area contributed by atoms with E-state index in [4.69, 9.17) is 4.74 Å². The monoisotopic (exact) mass is 393 g/mol. The summed E-state index contributed by atoms with van der Waals surface area (Å²) in [4.78, 5) is 27.0. The Morgan fingerprint density at radius 2 is 1.76 bits per heavy atom. The largest absolute Gasteiger partial charge is 0.379 e. The van der Waals surface area contributed by atoms with Crippen LogP contribution in [0.2, 0.25) is 0 Å². The van der Waals surface area contributed by atoms with Gasteiger partial charge < -0.3 is 15.4 Å². The van der Waals surface area contributed by atoms with Gasteiger partial charge in [0.1, 0.15) is 0 Å². The van der Waals surface area contributed by atoms with E-state index in [-0.39, 0.29) is 17.7 Å². The molecule has 0 aromatic heterocycles. The van der Waals surface area contributed by atoms with Crippen LogP contribution in [0.4, 0.5) is 5.69 Å². The van der Waals surface area contributed by atoms with Gasteiger partial charge in [0.15, 0.2) is 0 Å². The van der Waals surface area contributed by atoms with E-state index in [1.807, 2.05) is 18.2 Å². The maximum absolute atomic E-state index is 12.7. The van der Waals surface area contributed by atoms with E-state index in [0.717, 1.165) is 51.3 Å². The number of nitrogens with zero attached hydrogens (tertiary/aromatic N) is 1. The third kappa shape index (κ3) is 5.43. The predicted molar refractivity (Wildman–Crippen MR) is 112 cm³/mol. The molecular formula is C23H27N3O3. The lowest BCUT2D eigenvalue weighted by Gasteiger charge is -2.27. The first-order valence-electron chi connectivity index (χ1n) is 10.2. The maximum atomic E-state index is 12.7. The number of rotatable bonds is 7. The Balaban J connectivity index is 1.36. The van der Waals surface area contributed by atoms with E-state index in [9.17, 15) is 9.59 Å². The summed E-state index contributed by atoms with van der Waals surface area (Å²) in [6.07, 6.45) is 1.91. The summed E-state index contributed by atoms with van der Waals surface area (Å²) in [5.41, 5.74) is 3.55. The van der Waals surface area contributed by atoms with Gasteiger partial charge in [-0.2, -0.15) is 0 Å². The first-order valence-corrected chi connectivity index (χ1v) is 10.2. The van der Waals surface area contributed by atoms with E-state index < -0.39 is 0 Å². The Hall–Kier alpha value is -2.70. The molecule has 2 fully saturated rings. The van der Waals surface area contributed by atoms with Crippen molar-refractivity contribution in [1.82, 2.24) is 10.2 Å². The van der Waals surface area contributed by atoms with E-state index in [0.29, 0.717) is 17.8 Å². The molecule has 1 aliphatic heterocycles. The number of morpholine rings is 1. The molecule has 0 spiro atoms. The van der Waals surface area contributed by atoms with Crippen molar-refractivity contribution in [3.8, 4) is 0 Å². The summed E-state index contributed by atoms with van der Waals surface area (Å²) in [5.74, 6) is 0.0312. The highest BCUT2D eigenvalue weighted by molar-refractivity contribution is 5.98. The average Bonchev–Trinajstić information content (AvgIpc) is 3.59. The summed E-state index contributed by atoms with van der Waals surface area (Å²) in [6.45, 7) is 4.73. The number of benzene rings is 2. The second-order valence-corrected chi connectivity index (χ2v) is 7.68. The highest BCUT2D eigenvalue weighted by atomic mass is 16.5. The molecule has 2 aromatic carbocycles. The molecule has 1 saturated heterocycles. The lowest BCUT2D eigenvalue weighted by atomic mass is 10.1. The van der Waals surface area contributed by atoms with Gasteiger partial charge in [0.05, 0.1) is 13.2 Å². The normalized spacial score (nSPS) is 17.0. The van der Waals surface area contributed by atoms with Crippen molar-refractivity contribution in [1.29, 1.82) is 0 Å². The molecule has 1 aliphatic carbocycles. The molecule has 29 heavy (non-hydrogen) atoms. The lowest BCUT2D eigenvalue weighted by molar-refractivity contribution is -0.117. The number of amides is 2. The van der Waals surface area contributed by atoms with Gasteiger partial charge in [0.25, 0.3) is 5.91 Å². The molecule has 0 atom stereocenters. The Labute approximate surface area is 171 Å². The van der Waals surface area contributed by atoms with Crippen molar-refractivity contribution >= 4 is 17.5 Å². The van der Waals surface area contributed by atoms with Crippen molar-refractivity contribution in [3.63, 3.8) is 0 Å². The molecule has 6 heteroatoms. The first kappa shape index (κ1) is 19.6. The minimum absolute atomic E-state index is 0.0413. The number of hydrogen-bond donors (Lipinski definition) is 2. The molecule has 4 rings (SSSR count). The van der Waals surface area contributed by atoms with Crippen molar-refractivity contribution in [2.75, 3.05) is 31.6 Å².